The van der Waals surface area contributed by atoms with Crippen LogP contribution in [0.2, 0.25) is 0 Å². The fraction of sp³-hybridized carbons (Fsp3) is 0.364. The van der Waals surface area contributed by atoms with Crippen molar-refractivity contribution in [1.29, 1.82) is 0 Å². The average molecular weight is 385 g/mol. The fourth-order valence-corrected chi connectivity index (χ4v) is 3.72. The van der Waals surface area contributed by atoms with E-state index in [0.717, 1.165) is 10.4 Å². The highest BCUT2D eigenvalue weighted by Gasteiger charge is 2.23. The number of hydrogen-bond acceptors (Lipinski definition) is 3. The zero-order valence-corrected chi connectivity index (χ0v) is 17.2. The third-order valence-corrected chi connectivity index (χ3v) is 5.18. The van der Waals surface area contributed by atoms with E-state index in [1.807, 2.05) is 49.1 Å². The summed E-state index contributed by atoms with van der Waals surface area (Å²) in [6.45, 7) is 11.0. The smallest absolute Gasteiger partial charge is 0.242 e. The molecule has 2 amide bonds. The Kier molecular flexibility index (Phi) is 7.80. The fourth-order valence-electron chi connectivity index (χ4n) is 2.81. The Labute approximate surface area is 166 Å². The molecule has 0 bridgehead atoms. The van der Waals surface area contributed by atoms with E-state index in [9.17, 15) is 9.59 Å². The largest absolute Gasteiger partial charge is 0.332 e. The van der Waals surface area contributed by atoms with E-state index >= 15 is 0 Å². The van der Waals surface area contributed by atoms with Crippen molar-refractivity contribution >= 4 is 23.2 Å². The minimum Gasteiger partial charge on any atom is -0.332 e. The van der Waals surface area contributed by atoms with Crippen molar-refractivity contribution in [3.8, 4) is 0 Å². The number of rotatable bonds is 9. The summed E-state index contributed by atoms with van der Waals surface area (Å²) in [5, 5.41) is 0. The number of carbonyl (C=O) groups excluding carboxylic acids is 2. The summed E-state index contributed by atoms with van der Waals surface area (Å²) in [5.41, 5.74) is 1.07. The van der Waals surface area contributed by atoms with E-state index in [0.29, 0.717) is 19.6 Å². The Bertz CT molecular complexity index is 768. The second-order valence-corrected chi connectivity index (χ2v) is 8.28. The molecule has 0 atom stereocenters. The third kappa shape index (κ3) is 6.36. The lowest BCUT2D eigenvalue weighted by atomic mass is 10.2. The highest BCUT2D eigenvalue weighted by atomic mass is 32.1. The number of benzene rings is 1. The molecular weight excluding hydrogens is 356 g/mol. The summed E-state index contributed by atoms with van der Waals surface area (Å²) in [4.78, 5) is 31.3. The average Bonchev–Trinajstić information content (AvgIpc) is 3.05. The van der Waals surface area contributed by atoms with Crippen molar-refractivity contribution in [2.24, 2.45) is 5.92 Å². The lowest BCUT2D eigenvalue weighted by molar-refractivity contribution is -0.142. The molecule has 5 heteroatoms. The van der Waals surface area contributed by atoms with E-state index in [-0.39, 0.29) is 24.3 Å². The molecular formula is C22H28N2O2S. The molecule has 2 aromatic rings. The van der Waals surface area contributed by atoms with Crippen molar-refractivity contribution in [3.63, 3.8) is 0 Å². The Morgan fingerprint density at radius 3 is 2.33 bits per heavy atom. The van der Waals surface area contributed by atoms with E-state index in [4.69, 9.17) is 0 Å². The SMILES string of the molecule is C=CCN(CC(=O)N(Cc1ccccc1)Cc1ccc(C)s1)C(=O)C(C)C. The van der Waals surface area contributed by atoms with Crippen LogP contribution >= 0.6 is 11.3 Å². The molecule has 0 aliphatic rings. The topological polar surface area (TPSA) is 40.6 Å². The van der Waals surface area contributed by atoms with Gasteiger partial charge in [0.05, 0.1) is 6.54 Å². The van der Waals surface area contributed by atoms with Crippen molar-refractivity contribution < 1.29 is 9.59 Å². The molecule has 0 N–H and O–H groups in total. The van der Waals surface area contributed by atoms with Crippen LogP contribution in [-0.2, 0) is 22.7 Å². The number of hydrogen-bond donors (Lipinski definition) is 0. The predicted octanol–water partition coefficient (Wildman–Crippen LogP) is 4.26. The maximum Gasteiger partial charge on any atom is 0.242 e. The van der Waals surface area contributed by atoms with Gasteiger partial charge in [-0.05, 0) is 24.6 Å². The summed E-state index contributed by atoms with van der Waals surface area (Å²) in [7, 11) is 0. The molecule has 0 radical (unpaired) electrons. The summed E-state index contributed by atoms with van der Waals surface area (Å²) >= 11 is 1.69. The van der Waals surface area contributed by atoms with Crippen LogP contribution in [0.1, 0.15) is 29.2 Å². The van der Waals surface area contributed by atoms with Crippen LogP contribution in [0.3, 0.4) is 0 Å². The van der Waals surface area contributed by atoms with Gasteiger partial charge in [0.25, 0.3) is 0 Å². The van der Waals surface area contributed by atoms with Gasteiger partial charge in [-0.1, -0.05) is 50.3 Å². The zero-order valence-electron chi connectivity index (χ0n) is 16.4. The second kappa shape index (κ2) is 10.1. The van der Waals surface area contributed by atoms with Crippen LogP contribution in [0.5, 0.6) is 0 Å². The van der Waals surface area contributed by atoms with E-state index in [1.165, 1.54) is 4.88 Å². The number of nitrogens with zero attached hydrogens (tertiary/aromatic N) is 2. The second-order valence-electron chi connectivity index (χ2n) is 6.91. The summed E-state index contributed by atoms with van der Waals surface area (Å²) < 4.78 is 0. The lowest BCUT2D eigenvalue weighted by Gasteiger charge is -2.28. The van der Waals surface area contributed by atoms with Gasteiger partial charge >= 0.3 is 0 Å². The monoisotopic (exact) mass is 384 g/mol. The van der Waals surface area contributed by atoms with E-state index in [1.54, 1.807) is 22.3 Å². The first kappa shape index (κ1) is 20.9. The highest BCUT2D eigenvalue weighted by molar-refractivity contribution is 7.11. The van der Waals surface area contributed by atoms with Gasteiger partial charge in [-0.3, -0.25) is 9.59 Å². The van der Waals surface area contributed by atoms with Gasteiger partial charge in [-0.15, -0.1) is 17.9 Å². The molecule has 0 aliphatic carbocycles. The van der Waals surface area contributed by atoms with Gasteiger partial charge in [0.15, 0.2) is 0 Å². The Morgan fingerprint density at radius 1 is 1.07 bits per heavy atom. The van der Waals surface area contributed by atoms with Crippen molar-refractivity contribution in [2.45, 2.75) is 33.9 Å². The predicted molar refractivity (Wildman–Crippen MR) is 111 cm³/mol. The van der Waals surface area contributed by atoms with Crippen molar-refractivity contribution in [1.82, 2.24) is 9.80 Å². The minimum absolute atomic E-state index is 0.0325. The molecule has 0 fully saturated rings. The van der Waals surface area contributed by atoms with Crippen LogP contribution in [0.15, 0.2) is 55.1 Å². The zero-order chi connectivity index (χ0) is 19.8. The van der Waals surface area contributed by atoms with Gasteiger partial charge < -0.3 is 9.80 Å². The van der Waals surface area contributed by atoms with Gasteiger partial charge in [0.1, 0.15) is 6.54 Å². The molecule has 2 rings (SSSR count). The quantitative estimate of drug-likeness (QED) is 0.606. The van der Waals surface area contributed by atoms with Gasteiger partial charge in [0, 0.05) is 28.8 Å². The van der Waals surface area contributed by atoms with Crippen LogP contribution < -0.4 is 0 Å². The number of carbonyl (C=O) groups is 2. The van der Waals surface area contributed by atoms with Crippen molar-refractivity contribution in [2.75, 3.05) is 13.1 Å². The summed E-state index contributed by atoms with van der Waals surface area (Å²) in [5.74, 6) is -0.240. The van der Waals surface area contributed by atoms with E-state index < -0.39 is 0 Å². The third-order valence-electron chi connectivity index (χ3n) is 4.19. The molecule has 1 aromatic heterocycles. The molecule has 1 aromatic carbocycles. The number of thiophene rings is 1. The lowest BCUT2D eigenvalue weighted by Crippen LogP contribution is -2.43. The van der Waals surface area contributed by atoms with Gasteiger partial charge in [-0.2, -0.15) is 0 Å². The maximum atomic E-state index is 13.1. The van der Waals surface area contributed by atoms with Crippen LogP contribution in [0.4, 0.5) is 0 Å². The summed E-state index contributed by atoms with van der Waals surface area (Å²) in [6.07, 6.45) is 1.66. The minimum atomic E-state index is -0.153. The highest BCUT2D eigenvalue weighted by Crippen LogP contribution is 2.19. The molecule has 4 nitrogen and oxygen atoms in total. The molecule has 27 heavy (non-hydrogen) atoms. The first-order chi connectivity index (χ1) is 12.9. The molecule has 0 saturated heterocycles. The van der Waals surface area contributed by atoms with E-state index in [2.05, 4.69) is 25.6 Å². The van der Waals surface area contributed by atoms with Crippen LogP contribution in [0.25, 0.3) is 0 Å². The standard InChI is InChI=1S/C22H28N2O2S/c1-5-13-23(22(26)17(2)3)16-21(25)24(14-19-9-7-6-8-10-19)15-20-12-11-18(4)27-20/h5-12,17H,1,13-16H2,2-4H3. The first-order valence-electron chi connectivity index (χ1n) is 9.17. The van der Waals surface area contributed by atoms with Gasteiger partial charge in [-0.25, -0.2) is 0 Å². The molecule has 0 saturated carbocycles. The molecule has 1 heterocycles. The van der Waals surface area contributed by atoms with Crippen molar-refractivity contribution in [3.05, 3.63) is 70.4 Å². The Balaban J connectivity index is 2.18. The summed E-state index contributed by atoms with van der Waals surface area (Å²) in [6, 6.07) is 14.1. The molecule has 144 valence electrons. The molecule has 0 spiro atoms. The number of amides is 2. The first-order valence-corrected chi connectivity index (χ1v) is 9.99. The maximum absolute atomic E-state index is 13.1. The number of aryl methyl sites for hydroxylation is 1. The van der Waals surface area contributed by atoms with Gasteiger partial charge in [0.2, 0.25) is 11.8 Å². The molecule has 0 aliphatic heterocycles. The Morgan fingerprint density at radius 2 is 1.78 bits per heavy atom. The van der Waals surface area contributed by atoms with Crippen LogP contribution in [-0.4, -0.2) is 34.7 Å². The Hall–Kier alpha value is -2.40. The molecule has 0 unspecified atom stereocenters. The normalized spacial score (nSPS) is 10.7. The van der Waals surface area contributed by atoms with Crippen LogP contribution in [0, 0.1) is 12.8 Å².